The van der Waals surface area contributed by atoms with Crippen molar-refractivity contribution in [1.29, 1.82) is 0 Å². The highest BCUT2D eigenvalue weighted by Crippen LogP contribution is 2.28. The number of nitrogens with two attached hydrogens (primary N) is 1. The Bertz CT molecular complexity index is 1300. The van der Waals surface area contributed by atoms with E-state index in [1.54, 1.807) is 23.0 Å². The molecule has 2 N–H and O–H groups in total. The number of nitrogens with zero attached hydrogens (tertiary/aromatic N) is 4. The summed E-state index contributed by atoms with van der Waals surface area (Å²) in [5.41, 5.74) is 8.24. The second-order valence-electron chi connectivity index (χ2n) is 7.39. The van der Waals surface area contributed by atoms with E-state index in [0.717, 1.165) is 5.56 Å². The number of fused-ring (bicyclic) bond motifs is 1. The van der Waals surface area contributed by atoms with Gasteiger partial charge in [-0.05, 0) is 30.7 Å². The number of pyridine rings is 1. The maximum atomic E-state index is 13.8. The van der Waals surface area contributed by atoms with Crippen LogP contribution in [-0.2, 0) is 11.3 Å². The Balaban J connectivity index is 1.85. The first-order valence-corrected chi connectivity index (χ1v) is 10.1. The van der Waals surface area contributed by atoms with E-state index in [0.29, 0.717) is 34.4 Å². The lowest BCUT2D eigenvalue weighted by Crippen LogP contribution is -2.39. The predicted molar refractivity (Wildman–Crippen MR) is 119 cm³/mol. The fourth-order valence-corrected chi connectivity index (χ4v) is 3.78. The van der Waals surface area contributed by atoms with E-state index < -0.39 is 23.7 Å². The summed E-state index contributed by atoms with van der Waals surface area (Å²) in [5, 5.41) is 4.90. The van der Waals surface area contributed by atoms with Gasteiger partial charge in [0.1, 0.15) is 11.9 Å². The number of halogens is 1. The molecule has 1 unspecified atom stereocenters. The second-order valence-corrected chi connectivity index (χ2v) is 7.39. The van der Waals surface area contributed by atoms with Crippen molar-refractivity contribution in [3.63, 3.8) is 0 Å². The molecule has 4 aromatic rings. The van der Waals surface area contributed by atoms with E-state index in [1.807, 2.05) is 37.3 Å². The number of amides is 2. The molecule has 0 radical (unpaired) electrons. The Morgan fingerprint density at radius 3 is 2.53 bits per heavy atom. The lowest BCUT2D eigenvalue weighted by molar-refractivity contribution is -0.122. The van der Waals surface area contributed by atoms with Crippen LogP contribution in [-0.4, -0.2) is 38.5 Å². The third-order valence-corrected chi connectivity index (χ3v) is 5.35. The van der Waals surface area contributed by atoms with Gasteiger partial charge >= 0.3 is 0 Å². The molecule has 2 heterocycles. The molecular weight excluding hydrogens is 409 g/mol. The van der Waals surface area contributed by atoms with Crippen molar-refractivity contribution in [3.8, 4) is 11.3 Å². The number of likely N-dealkylation sites (N-methyl/N-ethyl adjacent to an activating group) is 1. The van der Waals surface area contributed by atoms with Crippen LogP contribution in [0.5, 0.6) is 0 Å². The largest absolute Gasteiger partial charge is 0.368 e. The number of aryl methyl sites for hydroxylation is 1. The number of rotatable bonds is 6. The van der Waals surface area contributed by atoms with E-state index in [9.17, 15) is 14.0 Å². The number of hydrogen-bond acceptors (Lipinski definition) is 4. The lowest BCUT2D eigenvalue weighted by Gasteiger charge is -2.26. The molecule has 2 amide bonds. The highest BCUT2D eigenvalue weighted by molar-refractivity contribution is 6.07. The predicted octanol–water partition coefficient (Wildman–Crippen LogP) is 3.56. The summed E-state index contributed by atoms with van der Waals surface area (Å²) < 4.78 is 15.5. The Hall–Kier alpha value is -4.07. The van der Waals surface area contributed by atoms with Gasteiger partial charge in [-0.3, -0.25) is 9.59 Å². The second kappa shape index (κ2) is 8.58. The molecule has 4 rings (SSSR count). The van der Waals surface area contributed by atoms with Gasteiger partial charge in [-0.2, -0.15) is 5.10 Å². The van der Waals surface area contributed by atoms with Crippen molar-refractivity contribution in [1.82, 2.24) is 19.7 Å². The molecule has 0 aliphatic carbocycles. The minimum absolute atomic E-state index is 0.297. The molecule has 0 aliphatic heterocycles. The third-order valence-electron chi connectivity index (χ3n) is 5.35. The molecule has 2 aromatic heterocycles. The minimum atomic E-state index is -1.14. The maximum absolute atomic E-state index is 13.8. The SMILES string of the molecule is CCn1ncc2c(C(=O)N(C)C(C(N)=O)c3cccc(F)c3)cc(-c3ccccc3)nc21. The van der Waals surface area contributed by atoms with Crippen molar-refractivity contribution in [2.45, 2.75) is 19.5 Å². The molecule has 2 aromatic carbocycles. The summed E-state index contributed by atoms with van der Waals surface area (Å²) in [4.78, 5) is 31.8. The monoisotopic (exact) mass is 431 g/mol. The van der Waals surface area contributed by atoms with Crippen LogP contribution in [0, 0.1) is 5.82 Å². The first-order valence-electron chi connectivity index (χ1n) is 10.1. The van der Waals surface area contributed by atoms with Crippen molar-refractivity contribution in [2.75, 3.05) is 7.05 Å². The molecular formula is C24H22FN5O2. The van der Waals surface area contributed by atoms with Gasteiger partial charge in [0.25, 0.3) is 5.91 Å². The average Bonchev–Trinajstić information content (AvgIpc) is 3.21. The van der Waals surface area contributed by atoms with Crippen LogP contribution in [0.1, 0.15) is 28.9 Å². The van der Waals surface area contributed by atoms with Crippen molar-refractivity contribution < 1.29 is 14.0 Å². The number of primary amides is 1. The highest BCUT2D eigenvalue weighted by Gasteiger charge is 2.29. The number of aromatic nitrogens is 3. The Morgan fingerprint density at radius 2 is 1.88 bits per heavy atom. The van der Waals surface area contributed by atoms with Crippen LogP contribution in [0.15, 0.2) is 66.9 Å². The van der Waals surface area contributed by atoms with Gasteiger partial charge in [-0.25, -0.2) is 14.1 Å². The van der Waals surface area contributed by atoms with E-state index >= 15 is 0 Å². The molecule has 0 saturated carbocycles. The number of carbonyl (C=O) groups is 2. The van der Waals surface area contributed by atoms with Crippen molar-refractivity contribution in [3.05, 3.63) is 83.8 Å². The minimum Gasteiger partial charge on any atom is -0.368 e. The summed E-state index contributed by atoms with van der Waals surface area (Å²) in [7, 11) is 1.47. The first-order chi connectivity index (χ1) is 15.4. The molecule has 8 heteroatoms. The molecule has 0 bridgehead atoms. The van der Waals surface area contributed by atoms with Gasteiger partial charge in [0, 0.05) is 19.2 Å². The zero-order valence-corrected chi connectivity index (χ0v) is 17.7. The maximum Gasteiger partial charge on any atom is 0.255 e. The molecule has 7 nitrogen and oxygen atoms in total. The topological polar surface area (TPSA) is 94.1 Å². The summed E-state index contributed by atoms with van der Waals surface area (Å²) in [6.07, 6.45) is 1.59. The van der Waals surface area contributed by atoms with Crippen LogP contribution < -0.4 is 5.73 Å². The molecule has 162 valence electrons. The van der Waals surface area contributed by atoms with Gasteiger partial charge in [-0.1, -0.05) is 42.5 Å². The molecule has 0 fully saturated rings. The smallest absolute Gasteiger partial charge is 0.255 e. The number of benzene rings is 2. The summed E-state index contributed by atoms with van der Waals surface area (Å²) >= 11 is 0. The lowest BCUT2D eigenvalue weighted by atomic mass is 10.0. The van der Waals surface area contributed by atoms with Crippen molar-refractivity contribution >= 4 is 22.8 Å². The molecule has 0 spiro atoms. The van der Waals surface area contributed by atoms with Crippen LogP contribution in [0.2, 0.25) is 0 Å². The summed E-state index contributed by atoms with van der Waals surface area (Å²) in [5.74, 6) is -1.72. The van der Waals surface area contributed by atoms with Gasteiger partial charge in [0.2, 0.25) is 5.91 Å². The zero-order valence-electron chi connectivity index (χ0n) is 17.7. The number of hydrogen-bond donors (Lipinski definition) is 1. The van der Waals surface area contributed by atoms with Crippen LogP contribution in [0.3, 0.4) is 0 Å². The van der Waals surface area contributed by atoms with Crippen molar-refractivity contribution in [2.24, 2.45) is 5.73 Å². The third kappa shape index (κ3) is 3.82. The molecule has 1 atom stereocenters. The van der Waals surface area contributed by atoms with E-state index in [-0.39, 0.29) is 0 Å². The van der Waals surface area contributed by atoms with Gasteiger partial charge in [0.05, 0.1) is 22.8 Å². The Labute approximate surface area is 184 Å². The molecule has 32 heavy (non-hydrogen) atoms. The number of carbonyl (C=O) groups excluding carboxylic acids is 2. The van der Waals surface area contributed by atoms with Crippen LogP contribution >= 0.6 is 0 Å². The summed E-state index contributed by atoms with van der Waals surface area (Å²) in [6.45, 7) is 2.51. The summed E-state index contributed by atoms with van der Waals surface area (Å²) in [6, 6.07) is 15.5. The fourth-order valence-electron chi connectivity index (χ4n) is 3.78. The Kier molecular flexibility index (Phi) is 5.68. The first kappa shape index (κ1) is 21.2. The van der Waals surface area contributed by atoms with E-state index in [4.69, 9.17) is 10.7 Å². The Morgan fingerprint density at radius 1 is 1.12 bits per heavy atom. The standard InChI is InChI=1S/C24H22FN5O2/c1-3-30-23-19(14-27-30)18(13-20(28-23)15-8-5-4-6-9-15)24(32)29(2)21(22(26)31)16-10-7-11-17(25)12-16/h4-14,21H,3H2,1-2H3,(H2,26,31). The highest BCUT2D eigenvalue weighted by atomic mass is 19.1. The molecule has 0 saturated heterocycles. The fraction of sp³-hybridized carbons (Fsp3) is 0.167. The average molecular weight is 431 g/mol. The normalized spacial score (nSPS) is 12.0. The molecule has 0 aliphatic rings. The van der Waals surface area contributed by atoms with Gasteiger partial charge in [0.15, 0.2) is 5.65 Å². The zero-order chi connectivity index (χ0) is 22.8. The van der Waals surface area contributed by atoms with Crippen LogP contribution in [0.4, 0.5) is 4.39 Å². The van der Waals surface area contributed by atoms with E-state index in [2.05, 4.69) is 5.10 Å². The van der Waals surface area contributed by atoms with E-state index in [1.165, 1.54) is 30.1 Å². The van der Waals surface area contributed by atoms with Crippen LogP contribution in [0.25, 0.3) is 22.3 Å². The van der Waals surface area contributed by atoms with Gasteiger partial charge < -0.3 is 10.6 Å². The quantitative estimate of drug-likeness (QED) is 0.505. The van der Waals surface area contributed by atoms with Gasteiger partial charge in [-0.15, -0.1) is 0 Å².